The molecule has 0 unspecified atom stereocenters. The third-order valence-electron chi connectivity index (χ3n) is 6.29. The van der Waals surface area contributed by atoms with Gasteiger partial charge in [0.15, 0.2) is 0 Å². The van der Waals surface area contributed by atoms with Gasteiger partial charge in [-0.25, -0.2) is 4.39 Å². The maximum atomic E-state index is 14.0. The summed E-state index contributed by atoms with van der Waals surface area (Å²) in [5, 5.41) is 14.9. The smallest absolute Gasteiger partial charge is 0.398 e. The van der Waals surface area contributed by atoms with E-state index in [0.717, 1.165) is 24.6 Å². The molecule has 0 atom stereocenters. The molecule has 1 saturated heterocycles. The second kappa shape index (κ2) is 5.54. The largest absolute Gasteiger partial charge is 0.517 e. The minimum Gasteiger partial charge on any atom is -0.398 e. The molecule has 2 heterocycles. The standard InChI is InChI=1S/C19H23BFN3O2/c1-17(2)18(3,4)26-20(25-17)16-14-7-6-13(21)12-15(14)24(23-16)19(10-11-22)8-5-9-19/h6-7,12H,5,8-10H2,1-4H3. The summed E-state index contributed by atoms with van der Waals surface area (Å²) in [7, 11) is -0.617. The van der Waals surface area contributed by atoms with Gasteiger partial charge in [0.2, 0.25) is 0 Å². The van der Waals surface area contributed by atoms with Gasteiger partial charge in [0.05, 0.1) is 34.7 Å². The lowest BCUT2D eigenvalue weighted by atomic mass is 9.74. The first-order valence-corrected chi connectivity index (χ1v) is 9.10. The third kappa shape index (κ3) is 2.39. The number of rotatable bonds is 3. The Morgan fingerprint density at radius 2 is 1.88 bits per heavy atom. The number of hydrogen-bond acceptors (Lipinski definition) is 4. The highest BCUT2D eigenvalue weighted by Crippen LogP contribution is 2.43. The molecule has 2 fully saturated rings. The monoisotopic (exact) mass is 355 g/mol. The normalized spacial score (nSPS) is 23.0. The number of fused-ring (bicyclic) bond motifs is 1. The van der Waals surface area contributed by atoms with Crippen molar-refractivity contribution in [1.29, 1.82) is 5.26 Å². The molecule has 26 heavy (non-hydrogen) atoms. The van der Waals surface area contributed by atoms with E-state index < -0.39 is 18.3 Å². The van der Waals surface area contributed by atoms with Gasteiger partial charge in [-0.1, -0.05) is 0 Å². The van der Waals surface area contributed by atoms with Gasteiger partial charge in [-0.15, -0.1) is 0 Å². The summed E-state index contributed by atoms with van der Waals surface area (Å²) >= 11 is 0. The number of aromatic nitrogens is 2. The van der Waals surface area contributed by atoms with Crippen molar-refractivity contribution in [3.8, 4) is 6.07 Å². The number of benzene rings is 1. The fourth-order valence-electron chi connectivity index (χ4n) is 3.80. The Balaban J connectivity index is 1.86. The highest BCUT2D eigenvalue weighted by molar-refractivity contribution is 6.64. The first-order valence-electron chi connectivity index (χ1n) is 9.10. The van der Waals surface area contributed by atoms with Gasteiger partial charge in [-0.3, -0.25) is 4.68 Å². The van der Waals surface area contributed by atoms with E-state index in [1.165, 1.54) is 12.1 Å². The minimum atomic E-state index is -0.617. The van der Waals surface area contributed by atoms with E-state index in [1.807, 2.05) is 32.4 Å². The molecule has 1 aliphatic heterocycles. The van der Waals surface area contributed by atoms with Crippen LogP contribution in [0.4, 0.5) is 4.39 Å². The SMILES string of the molecule is CC1(C)OB(c2nn(C3(CC#N)CCC3)c3cc(F)ccc23)OC1(C)C. The molecule has 1 aliphatic carbocycles. The van der Waals surface area contributed by atoms with Crippen LogP contribution in [0.3, 0.4) is 0 Å². The van der Waals surface area contributed by atoms with E-state index in [0.29, 0.717) is 17.5 Å². The molecule has 0 N–H and O–H groups in total. The van der Waals surface area contributed by atoms with Gasteiger partial charge in [0, 0.05) is 5.39 Å². The fourth-order valence-corrected chi connectivity index (χ4v) is 3.80. The Morgan fingerprint density at radius 3 is 2.42 bits per heavy atom. The lowest BCUT2D eigenvalue weighted by Crippen LogP contribution is -2.43. The maximum Gasteiger partial charge on any atom is 0.517 e. The topological polar surface area (TPSA) is 60.1 Å². The number of hydrogen-bond donors (Lipinski definition) is 0. The lowest BCUT2D eigenvalue weighted by molar-refractivity contribution is 0.00578. The maximum absolute atomic E-state index is 14.0. The van der Waals surface area contributed by atoms with E-state index in [2.05, 4.69) is 6.07 Å². The first-order chi connectivity index (χ1) is 12.2. The molecule has 0 bridgehead atoms. The summed E-state index contributed by atoms with van der Waals surface area (Å²) in [6.45, 7) is 7.98. The summed E-state index contributed by atoms with van der Waals surface area (Å²) in [6, 6.07) is 6.93. The molecule has 7 heteroatoms. The average molecular weight is 355 g/mol. The number of nitriles is 1. The van der Waals surface area contributed by atoms with Crippen molar-refractivity contribution in [2.24, 2.45) is 0 Å². The first kappa shape index (κ1) is 17.5. The molecule has 0 spiro atoms. The molecule has 0 radical (unpaired) electrons. The Morgan fingerprint density at radius 1 is 1.23 bits per heavy atom. The van der Waals surface area contributed by atoms with E-state index in [-0.39, 0.29) is 11.4 Å². The molecule has 2 aromatic rings. The van der Waals surface area contributed by atoms with Gasteiger partial charge in [0.1, 0.15) is 11.4 Å². The van der Waals surface area contributed by atoms with Crippen LogP contribution >= 0.6 is 0 Å². The Labute approximate surface area is 153 Å². The zero-order valence-electron chi connectivity index (χ0n) is 15.7. The predicted molar refractivity (Wildman–Crippen MR) is 97.5 cm³/mol. The summed E-state index contributed by atoms with van der Waals surface area (Å²) in [5.41, 5.74) is 0.0406. The molecule has 5 nitrogen and oxygen atoms in total. The second-order valence-electron chi connectivity index (χ2n) is 8.46. The van der Waals surface area contributed by atoms with Crippen LogP contribution in [-0.4, -0.2) is 28.1 Å². The molecule has 1 aromatic carbocycles. The van der Waals surface area contributed by atoms with E-state index in [1.54, 1.807) is 6.07 Å². The van der Waals surface area contributed by atoms with E-state index in [9.17, 15) is 9.65 Å². The van der Waals surface area contributed by atoms with Crippen molar-refractivity contribution < 1.29 is 13.7 Å². The Kier molecular flexibility index (Phi) is 3.73. The van der Waals surface area contributed by atoms with Gasteiger partial charge in [0.25, 0.3) is 0 Å². The highest BCUT2D eigenvalue weighted by atomic mass is 19.1. The van der Waals surface area contributed by atoms with Crippen molar-refractivity contribution in [3.05, 3.63) is 24.0 Å². The van der Waals surface area contributed by atoms with Crippen molar-refractivity contribution in [2.75, 3.05) is 0 Å². The van der Waals surface area contributed by atoms with Crippen LogP contribution in [0.5, 0.6) is 0 Å². The van der Waals surface area contributed by atoms with Crippen LogP contribution in [0.2, 0.25) is 0 Å². The van der Waals surface area contributed by atoms with E-state index >= 15 is 0 Å². The molecule has 4 rings (SSSR count). The number of halogens is 1. The molecule has 1 aromatic heterocycles. The minimum absolute atomic E-state index is 0.314. The van der Waals surface area contributed by atoms with Crippen LogP contribution in [0, 0.1) is 17.1 Å². The summed E-state index contributed by atoms with van der Waals surface area (Å²) in [4.78, 5) is 0. The van der Waals surface area contributed by atoms with Crippen LogP contribution < -0.4 is 5.59 Å². The molecular weight excluding hydrogens is 332 g/mol. The van der Waals surface area contributed by atoms with Crippen molar-refractivity contribution in [1.82, 2.24) is 9.78 Å². The summed E-state index contributed by atoms with van der Waals surface area (Å²) < 4.78 is 28.2. The number of nitrogens with zero attached hydrogens (tertiary/aromatic N) is 3. The second-order valence-corrected chi connectivity index (χ2v) is 8.46. The molecular formula is C19H23BFN3O2. The predicted octanol–water partition coefficient (Wildman–Crippen LogP) is 3.27. The average Bonchev–Trinajstić information content (AvgIpc) is 2.98. The van der Waals surface area contributed by atoms with Crippen LogP contribution in [0.15, 0.2) is 18.2 Å². The van der Waals surface area contributed by atoms with Crippen molar-refractivity contribution in [2.45, 2.75) is 70.1 Å². The summed E-state index contributed by atoms with van der Waals surface area (Å²) in [5.74, 6) is -0.314. The molecule has 1 saturated carbocycles. The van der Waals surface area contributed by atoms with Gasteiger partial charge in [-0.2, -0.15) is 10.4 Å². The Bertz CT molecular complexity index is 895. The Hall–Kier alpha value is -1.91. The third-order valence-corrected chi connectivity index (χ3v) is 6.29. The zero-order valence-corrected chi connectivity index (χ0v) is 15.7. The van der Waals surface area contributed by atoms with Gasteiger partial charge in [-0.05, 0) is 65.2 Å². The van der Waals surface area contributed by atoms with Gasteiger partial charge < -0.3 is 9.31 Å². The quantitative estimate of drug-likeness (QED) is 0.793. The van der Waals surface area contributed by atoms with Gasteiger partial charge >= 0.3 is 7.12 Å². The molecule has 2 aliphatic rings. The van der Waals surface area contributed by atoms with Crippen molar-refractivity contribution >= 4 is 23.6 Å². The fraction of sp³-hybridized carbons (Fsp3) is 0.579. The molecule has 136 valence electrons. The van der Waals surface area contributed by atoms with E-state index in [4.69, 9.17) is 14.4 Å². The van der Waals surface area contributed by atoms with Crippen molar-refractivity contribution in [3.63, 3.8) is 0 Å². The summed E-state index contributed by atoms with van der Waals surface area (Å²) in [6.07, 6.45) is 3.15. The van der Waals surface area contributed by atoms with Crippen LogP contribution in [-0.2, 0) is 14.8 Å². The van der Waals surface area contributed by atoms with Crippen LogP contribution in [0.1, 0.15) is 53.4 Å². The van der Waals surface area contributed by atoms with Crippen LogP contribution in [0.25, 0.3) is 10.9 Å². The zero-order chi connectivity index (χ0) is 18.7. The highest BCUT2D eigenvalue weighted by Gasteiger charge is 2.53. The lowest BCUT2D eigenvalue weighted by Gasteiger charge is -2.40. The molecule has 0 amide bonds.